The minimum absolute atomic E-state index is 0.548. The molecule has 1 aromatic heterocycles. The van der Waals surface area contributed by atoms with Crippen LogP contribution in [0.15, 0.2) is 12.3 Å². The van der Waals surface area contributed by atoms with Gasteiger partial charge >= 0.3 is 0 Å². The van der Waals surface area contributed by atoms with E-state index in [2.05, 4.69) is 54.9 Å². The van der Waals surface area contributed by atoms with Gasteiger partial charge in [0.05, 0.1) is 5.69 Å². The lowest BCUT2D eigenvalue weighted by molar-refractivity contribution is 0.198. The van der Waals surface area contributed by atoms with Crippen LogP contribution in [0.2, 0.25) is 0 Å². The standard InChI is InChI=1S/C14H26N4/c1-6-8-15-14-16-9-7-13(17-14)10-18(5)12(4)11(2)3/h7,9,11-12H,6,8,10H2,1-5H3,(H,15,16,17). The van der Waals surface area contributed by atoms with Crippen LogP contribution in [0.1, 0.15) is 39.8 Å². The summed E-state index contributed by atoms with van der Waals surface area (Å²) in [4.78, 5) is 11.1. The Morgan fingerprint density at radius 3 is 2.67 bits per heavy atom. The molecule has 0 fully saturated rings. The maximum atomic E-state index is 4.53. The summed E-state index contributed by atoms with van der Waals surface area (Å²) >= 11 is 0. The molecule has 4 heteroatoms. The normalized spacial score (nSPS) is 13.1. The summed E-state index contributed by atoms with van der Waals surface area (Å²) in [6.07, 6.45) is 2.91. The Labute approximate surface area is 111 Å². The third-order valence-corrected chi connectivity index (χ3v) is 3.32. The molecule has 0 aliphatic carbocycles. The van der Waals surface area contributed by atoms with Gasteiger partial charge < -0.3 is 5.32 Å². The summed E-state index contributed by atoms with van der Waals surface area (Å²) in [5.74, 6) is 1.38. The predicted octanol–water partition coefficient (Wildman–Crippen LogP) is 2.77. The molecule has 1 N–H and O–H groups in total. The van der Waals surface area contributed by atoms with Crippen LogP contribution in [-0.4, -0.2) is 34.5 Å². The van der Waals surface area contributed by atoms with Gasteiger partial charge in [0.25, 0.3) is 0 Å². The Bertz CT molecular complexity index is 351. The molecule has 0 spiro atoms. The van der Waals surface area contributed by atoms with Crippen molar-refractivity contribution in [2.75, 3.05) is 18.9 Å². The van der Waals surface area contributed by atoms with Crippen molar-refractivity contribution in [3.05, 3.63) is 18.0 Å². The largest absolute Gasteiger partial charge is 0.354 e. The zero-order valence-electron chi connectivity index (χ0n) is 12.3. The number of rotatable bonds is 7. The Balaban J connectivity index is 2.61. The van der Waals surface area contributed by atoms with Gasteiger partial charge in [0.1, 0.15) is 0 Å². The first kappa shape index (κ1) is 14.9. The van der Waals surface area contributed by atoms with Gasteiger partial charge in [-0.15, -0.1) is 0 Å². The van der Waals surface area contributed by atoms with Gasteiger partial charge in [0.2, 0.25) is 5.95 Å². The molecule has 1 rings (SSSR count). The molecule has 1 heterocycles. The van der Waals surface area contributed by atoms with Crippen LogP contribution in [0.5, 0.6) is 0 Å². The molecule has 0 aliphatic heterocycles. The summed E-state index contributed by atoms with van der Waals surface area (Å²) in [7, 11) is 2.14. The minimum atomic E-state index is 0.548. The molecule has 0 aliphatic rings. The summed E-state index contributed by atoms with van der Waals surface area (Å²) in [6, 6.07) is 2.53. The van der Waals surface area contributed by atoms with Crippen LogP contribution in [0.3, 0.4) is 0 Å². The van der Waals surface area contributed by atoms with Gasteiger partial charge in [0, 0.05) is 25.3 Å². The molecule has 0 saturated heterocycles. The number of anilines is 1. The van der Waals surface area contributed by atoms with E-state index in [-0.39, 0.29) is 0 Å². The zero-order valence-corrected chi connectivity index (χ0v) is 12.3. The highest BCUT2D eigenvalue weighted by molar-refractivity contribution is 5.24. The maximum Gasteiger partial charge on any atom is 0.222 e. The van der Waals surface area contributed by atoms with Crippen molar-refractivity contribution in [2.45, 2.75) is 46.7 Å². The molecular weight excluding hydrogens is 224 g/mol. The molecule has 18 heavy (non-hydrogen) atoms. The minimum Gasteiger partial charge on any atom is -0.354 e. The van der Waals surface area contributed by atoms with Crippen LogP contribution >= 0.6 is 0 Å². The smallest absolute Gasteiger partial charge is 0.222 e. The molecule has 1 aromatic rings. The average Bonchev–Trinajstić information content (AvgIpc) is 2.35. The molecule has 1 atom stereocenters. The van der Waals surface area contributed by atoms with E-state index in [0.29, 0.717) is 12.0 Å². The van der Waals surface area contributed by atoms with E-state index in [1.807, 2.05) is 12.3 Å². The summed E-state index contributed by atoms with van der Waals surface area (Å²) in [5.41, 5.74) is 1.07. The highest BCUT2D eigenvalue weighted by atomic mass is 15.2. The molecule has 0 amide bonds. The molecule has 102 valence electrons. The van der Waals surface area contributed by atoms with E-state index in [9.17, 15) is 0 Å². The summed E-state index contributed by atoms with van der Waals surface area (Å²) < 4.78 is 0. The molecule has 0 saturated carbocycles. The first-order chi connectivity index (χ1) is 8.54. The lowest BCUT2D eigenvalue weighted by atomic mass is 10.1. The number of nitrogens with one attached hydrogen (secondary N) is 1. The molecule has 4 nitrogen and oxygen atoms in total. The monoisotopic (exact) mass is 250 g/mol. The third kappa shape index (κ3) is 4.61. The van der Waals surface area contributed by atoms with Crippen molar-refractivity contribution in [3.8, 4) is 0 Å². The molecule has 0 bridgehead atoms. The number of hydrogen-bond donors (Lipinski definition) is 1. The van der Waals surface area contributed by atoms with Crippen molar-refractivity contribution >= 4 is 5.95 Å². The second-order valence-corrected chi connectivity index (χ2v) is 5.20. The van der Waals surface area contributed by atoms with Gasteiger partial charge in [0.15, 0.2) is 0 Å². The van der Waals surface area contributed by atoms with Crippen LogP contribution in [-0.2, 0) is 6.54 Å². The van der Waals surface area contributed by atoms with Gasteiger partial charge in [-0.3, -0.25) is 4.90 Å². The van der Waals surface area contributed by atoms with E-state index in [1.165, 1.54) is 0 Å². The molecule has 0 aromatic carbocycles. The fourth-order valence-corrected chi connectivity index (χ4v) is 1.71. The Kier molecular flexibility index (Phi) is 6.05. The third-order valence-electron chi connectivity index (χ3n) is 3.32. The van der Waals surface area contributed by atoms with Gasteiger partial charge in [-0.05, 0) is 32.4 Å². The molecule has 0 radical (unpaired) electrons. The fraction of sp³-hybridized carbons (Fsp3) is 0.714. The van der Waals surface area contributed by atoms with Crippen LogP contribution in [0.25, 0.3) is 0 Å². The van der Waals surface area contributed by atoms with Gasteiger partial charge in [-0.25, -0.2) is 9.97 Å². The highest BCUT2D eigenvalue weighted by Gasteiger charge is 2.13. The first-order valence-corrected chi connectivity index (χ1v) is 6.80. The Morgan fingerprint density at radius 2 is 2.06 bits per heavy atom. The van der Waals surface area contributed by atoms with Crippen LogP contribution < -0.4 is 5.32 Å². The highest BCUT2D eigenvalue weighted by Crippen LogP contribution is 2.11. The van der Waals surface area contributed by atoms with Crippen molar-refractivity contribution < 1.29 is 0 Å². The van der Waals surface area contributed by atoms with E-state index in [1.54, 1.807) is 0 Å². The lowest BCUT2D eigenvalue weighted by Gasteiger charge is -2.27. The van der Waals surface area contributed by atoms with E-state index < -0.39 is 0 Å². The van der Waals surface area contributed by atoms with E-state index >= 15 is 0 Å². The van der Waals surface area contributed by atoms with E-state index in [0.717, 1.165) is 31.2 Å². The molecule has 1 unspecified atom stereocenters. The second kappa shape index (κ2) is 7.31. The number of nitrogens with zero attached hydrogens (tertiary/aromatic N) is 3. The maximum absolute atomic E-state index is 4.53. The first-order valence-electron chi connectivity index (χ1n) is 6.80. The quantitative estimate of drug-likeness (QED) is 0.808. The Hall–Kier alpha value is -1.16. The van der Waals surface area contributed by atoms with Gasteiger partial charge in [-0.2, -0.15) is 0 Å². The van der Waals surface area contributed by atoms with Crippen molar-refractivity contribution in [1.82, 2.24) is 14.9 Å². The number of hydrogen-bond acceptors (Lipinski definition) is 4. The summed E-state index contributed by atoms with van der Waals surface area (Å²) in [5, 5.41) is 3.22. The predicted molar refractivity (Wildman–Crippen MR) is 76.6 cm³/mol. The van der Waals surface area contributed by atoms with E-state index in [4.69, 9.17) is 0 Å². The summed E-state index contributed by atoms with van der Waals surface area (Å²) in [6.45, 7) is 10.7. The second-order valence-electron chi connectivity index (χ2n) is 5.20. The zero-order chi connectivity index (χ0) is 13.5. The van der Waals surface area contributed by atoms with Crippen molar-refractivity contribution in [1.29, 1.82) is 0 Å². The van der Waals surface area contributed by atoms with Crippen LogP contribution in [0.4, 0.5) is 5.95 Å². The average molecular weight is 250 g/mol. The SMILES string of the molecule is CCCNc1nccc(CN(C)C(C)C(C)C)n1. The van der Waals surface area contributed by atoms with Gasteiger partial charge in [-0.1, -0.05) is 20.8 Å². The molecular formula is C14H26N4. The fourth-order valence-electron chi connectivity index (χ4n) is 1.71. The topological polar surface area (TPSA) is 41.1 Å². The van der Waals surface area contributed by atoms with Crippen molar-refractivity contribution in [3.63, 3.8) is 0 Å². The Morgan fingerprint density at radius 1 is 1.33 bits per heavy atom. The van der Waals surface area contributed by atoms with Crippen LogP contribution in [0, 0.1) is 5.92 Å². The number of aromatic nitrogens is 2. The van der Waals surface area contributed by atoms with Crippen molar-refractivity contribution in [2.24, 2.45) is 5.92 Å². The lowest BCUT2D eigenvalue weighted by Crippen LogP contribution is -2.33.